The highest BCUT2D eigenvalue weighted by molar-refractivity contribution is 7.99. The summed E-state index contributed by atoms with van der Waals surface area (Å²) in [7, 11) is 0. The second-order valence-corrected chi connectivity index (χ2v) is 9.02. The zero-order valence-corrected chi connectivity index (χ0v) is 17.7. The highest BCUT2D eigenvalue weighted by Crippen LogP contribution is 2.43. The first-order chi connectivity index (χ1) is 13.9. The number of ether oxygens (including phenoxy) is 4. The van der Waals surface area contributed by atoms with Crippen molar-refractivity contribution in [3.63, 3.8) is 0 Å². The highest BCUT2D eigenvalue weighted by atomic mass is 32.2. The van der Waals surface area contributed by atoms with Crippen LogP contribution in [0.25, 0.3) is 0 Å². The maximum atomic E-state index is 13.2. The molecule has 0 aliphatic carbocycles. The molecule has 2 saturated heterocycles. The van der Waals surface area contributed by atoms with Crippen LogP contribution in [0.3, 0.4) is 0 Å². The second kappa shape index (κ2) is 8.74. The predicted molar refractivity (Wildman–Crippen MR) is 110 cm³/mol. The lowest BCUT2D eigenvalue weighted by molar-refractivity contribution is -0.180. The van der Waals surface area contributed by atoms with Crippen LogP contribution in [0, 0.1) is 5.82 Å². The molecule has 2 fully saturated rings. The summed E-state index contributed by atoms with van der Waals surface area (Å²) in [4.78, 5) is 1.11. The van der Waals surface area contributed by atoms with Crippen LogP contribution >= 0.6 is 11.8 Å². The van der Waals surface area contributed by atoms with E-state index in [2.05, 4.69) is 19.1 Å². The summed E-state index contributed by atoms with van der Waals surface area (Å²) in [5, 5.41) is 0. The molecular formula is C23H27FO4S. The van der Waals surface area contributed by atoms with Crippen LogP contribution in [0.2, 0.25) is 0 Å². The first-order valence-corrected chi connectivity index (χ1v) is 10.9. The molecule has 0 radical (unpaired) electrons. The third-order valence-corrected chi connectivity index (χ3v) is 6.34. The summed E-state index contributed by atoms with van der Waals surface area (Å²) in [6, 6.07) is 16.5. The van der Waals surface area contributed by atoms with Crippen molar-refractivity contribution in [3.05, 3.63) is 66.0 Å². The van der Waals surface area contributed by atoms with Gasteiger partial charge in [0.2, 0.25) is 0 Å². The van der Waals surface area contributed by atoms with Gasteiger partial charge in [-0.15, -0.1) is 0 Å². The predicted octanol–water partition coefficient (Wildman–Crippen LogP) is 5.16. The Morgan fingerprint density at radius 2 is 1.69 bits per heavy atom. The van der Waals surface area contributed by atoms with Crippen LogP contribution in [0.5, 0.6) is 0 Å². The number of rotatable bonds is 6. The Labute approximate surface area is 175 Å². The van der Waals surface area contributed by atoms with Crippen LogP contribution < -0.4 is 0 Å². The van der Waals surface area contributed by atoms with Gasteiger partial charge in [0, 0.05) is 4.90 Å². The van der Waals surface area contributed by atoms with Crippen molar-refractivity contribution in [2.24, 2.45) is 0 Å². The Bertz CT molecular complexity index is 798. The molecule has 4 nitrogen and oxygen atoms in total. The number of halogens is 1. The van der Waals surface area contributed by atoms with E-state index in [4.69, 9.17) is 18.9 Å². The lowest BCUT2D eigenvalue weighted by atomic mass is 9.98. The van der Waals surface area contributed by atoms with Crippen molar-refractivity contribution in [1.82, 2.24) is 0 Å². The van der Waals surface area contributed by atoms with E-state index in [-0.39, 0.29) is 35.7 Å². The fourth-order valence-corrected chi connectivity index (χ4v) is 4.99. The molecule has 0 saturated carbocycles. The van der Waals surface area contributed by atoms with Gasteiger partial charge in [0.1, 0.15) is 29.6 Å². The first-order valence-electron chi connectivity index (χ1n) is 10.0. The number of hydrogen-bond acceptors (Lipinski definition) is 5. The maximum absolute atomic E-state index is 13.2. The molecule has 2 heterocycles. The molecule has 6 heteroatoms. The van der Waals surface area contributed by atoms with Gasteiger partial charge in [0.25, 0.3) is 0 Å². The molecule has 2 aromatic rings. The third kappa shape index (κ3) is 4.84. The first kappa shape index (κ1) is 20.8. The van der Waals surface area contributed by atoms with Gasteiger partial charge >= 0.3 is 0 Å². The normalized spacial score (nSPS) is 30.8. The molecule has 2 aliphatic heterocycles. The van der Waals surface area contributed by atoms with E-state index in [0.717, 1.165) is 16.9 Å². The van der Waals surface area contributed by atoms with Crippen molar-refractivity contribution in [1.29, 1.82) is 0 Å². The van der Waals surface area contributed by atoms with Crippen molar-refractivity contribution >= 4 is 11.8 Å². The van der Waals surface area contributed by atoms with Gasteiger partial charge in [0.05, 0.1) is 12.7 Å². The molecule has 5 atom stereocenters. The van der Waals surface area contributed by atoms with Crippen LogP contribution in [-0.4, -0.2) is 35.6 Å². The molecule has 2 aliphatic rings. The van der Waals surface area contributed by atoms with Gasteiger partial charge in [-0.25, -0.2) is 4.39 Å². The summed E-state index contributed by atoms with van der Waals surface area (Å²) < 4.78 is 38.4. The van der Waals surface area contributed by atoms with E-state index >= 15 is 0 Å². The van der Waals surface area contributed by atoms with E-state index in [1.54, 1.807) is 23.9 Å². The van der Waals surface area contributed by atoms with Crippen molar-refractivity contribution < 1.29 is 23.3 Å². The Balaban J connectivity index is 1.57. The van der Waals surface area contributed by atoms with E-state index in [9.17, 15) is 4.39 Å². The number of benzene rings is 2. The average Bonchev–Trinajstić information content (AvgIpc) is 3.03. The summed E-state index contributed by atoms with van der Waals surface area (Å²) >= 11 is 1.64. The largest absolute Gasteiger partial charge is 0.367 e. The Morgan fingerprint density at radius 3 is 2.38 bits per heavy atom. The number of fused-ring (bicyclic) bond motifs is 1. The van der Waals surface area contributed by atoms with Crippen molar-refractivity contribution in [2.45, 2.75) is 74.3 Å². The molecule has 0 amide bonds. The van der Waals surface area contributed by atoms with Crippen LogP contribution in [0.15, 0.2) is 59.5 Å². The molecule has 0 aromatic heterocycles. The average molecular weight is 419 g/mol. The quantitative estimate of drug-likeness (QED) is 0.648. The Kier molecular flexibility index (Phi) is 6.27. The van der Waals surface area contributed by atoms with Gasteiger partial charge in [-0.2, -0.15) is 0 Å². The highest BCUT2D eigenvalue weighted by Gasteiger charge is 2.55. The second-order valence-electron chi connectivity index (χ2n) is 7.85. The minimum absolute atomic E-state index is 0.0614. The fraction of sp³-hybridized carbons (Fsp3) is 0.478. The van der Waals surface area contributed by atoms with Crippen molar-refractivity contribution in [2.75, 3.05) is 0 Å². The van der Waals surface area contributed by atoms with Gasteiger partial charge in [-0.05, 0) is 50.1 Å². The minimum Gasteiger partial charge on any atom is -0.367 e. The number of thioether (sulfide) groups is 1. The molecule has 0 bridgehead atoms. The van der Waals surface area contributed by atoms with Gasteiger partial charge in [-0.1, -0.05) is 49.0 Å². The van der Waals surface area contributed by atoms with E-state index in [0.29, 0.717) is 6.61 Å². The SMILES string of the molecule is CC[C@H]1O[C@@H](Sc2ccccc2)[C@H](OCc2ccc(F)cc2)[C@H]2OC(C)(C)O[C@H]21. The molecule has 0 spiro atoms. The van der Waals surface area contributed by atoms with Crippen LogP contribution in [-0.2, 0) is 25.6 Å². The van der Waals surface area contributed by atoms with Crippen molar-refractivity contribution in [3.8, 4) is 0 Å². The monoisotopic (exact) mass is 418 g/mol. The topological polar surface area (TPSA) is 36.9 Å². The van der Waals surface area contributed by atoms with E-state index < -0.39 is 5.79 Å². The minimum atomic E-state index is -0.685. The Hall–Kier alpha value is -1.44. The van der Waals surface area contributed by atoms with Gasteiger partial charge in [-0.3, -0.25) is 0 Å². The molecule has 2 aromatic carbocycles. The third-order valence-electron chi connectivity index (χ3n) is 5.18. The maximum Gasteiger partial charge on any atom is 0.164 e. The standard InChI is InChI=1S/C23H27FO4S/c1-4-18-19-20(28-23(2,3)27-19)21(25-14-15-10-12-16(24)13-11-15)22(26-18)29-17-8-6-5-7-9-17/h5-13,18-22H,4,14H2,1-3H3/t18-,19+,20+,21-,22+/m1/s1. The zero-order chi connectivity index (χ0) is 20.4. The summed E-state index contributed by atoms with van der Waals surface area (Å²) in [5.41, 5.74) is 0.670. The molecule has 156 valence electrons. The summed E-state index contributed by atoms with van der Waals surface area (Å²) in [6.45, 7) is 6.30. The van der Waals surface area contributed by atoms with Gasteiger partial charge < -0.3 is 18.9 Å². The molecule has 29 heavy (non-hydrogen) atoms. The molecule has 4 rings (SSSR count). The van der Waals surface area contributed by atoms with E-state index in [1.807, 2.05) is 32.0 Å². The molecule has 0 N–H and O–H groups in total. The number of hydrogen-bond donors (Lipinski definition) is 0. The molecule has 0 unspecified atom stereocenters. The van der Waals surface area contributed by atoms with E-state index in [1.165, 1.54) is 12.1 Å². The zero-order valence-electron chi connectivity index (χ0n) is 16.9. The molecular weight excluding hydrogens is 391 g/mol. The summed E-state index contributed by atoms with van der Waals surface area (Å²) in [6.07, 6.45) is 0.0385. The van der Waals surface area contributed by atoms with Crippen LogP contribution in [0.4, 0.5) is 4.39 Å². The Morgan fingerprint density at radius 1 is 1.00 bits per heavy atom. The van der Waals surface area contributed by atoms with Gasteiger partial charge in [0.15, 0.2) is 5.79 Å². The summed E-state index contributed by atoms with van der Waals surface area (Å²) in [5.74, 6) is -0.942. The fourth-order valence-electron chi connectivity index (χ4n) is 3.84. The smallest absolute Gasteiger partial charge is 0.164 e. The van der Waals surface area contributed by atoms with Crippen LogP contribution in [0.1, 0.15) is 32.8 Å². The lowest BCUT2D eigenvalue weighted by Gasteiger charge is -2.41. The lowest BCUT2D eigenvalue weighted by Crippen LogP contribution is -2.55.